The van der Waals surface area contributed by atoms with Crippen LogP contribution in [0.3, 0.4) is 0 Å². The quantitative estimate of drug-likeness (QED) is 0.592. The van der Waals surface area contributed by atoms with Gasteiger partial charge in [-0.05, 0) is 23.3 Å². The Bertz CT molecular complexity index is 834. The van der Waals surface area contributed by atoms with Crippen LogP contribution in [0.5, 0.6) is 0 Å². The molecule has 0 saturated carbocycles. The van der Waals surface area contributed by atoms with E-state index in [0.717, 1.165) is 23.4 Å². The molecule has 1 aliphatic rings. The topological polar surface area (TPSA) is 105 Å². The number of amides is 2. The molecule has 0 radical (unpaired) electrons. The van der Waals surface area contributed by atoms with Gasteiger partial charge in [-0.3, -0.25) is 19.7 Å². The molecule has 0 atom stereocenters. The van der Waals surface area contributed by atoms with Crippen molar-refractivity contribution in [1.82, 2.24) is 10.6 Å². The Morgan fingerprint density at radius 2 is 1.78 bits per heavy atom. The van der Waals surface area contributed by atoms with Crippen LogP contribution in [0.4, 0.5) is 11.4 Å². The summed E-state index contributed by atoms with van der Waals surface area (Å²) in [6, 6.07) is 13.7. The first-order valence-corrected chi connectivity index (χ1v) is 8.62. The van der Waals surface area contributed by atoms with Gasteiger partial charge in [-0.2, -0.15) is 0 Å². The van der Waals surface area contributed by atoms with Gasteiger partial charge >= 0.3 is 0 Å². The predicted molar refractivity (Wildman–Crippen MR) is 100 cm³/mol. The second-order valence-electron chi connectivity index (χ2n) is 6.32. The number of nitro groups is 1. The zero-order valence-corrected chi connectivity index (χ0v) is 14.7. The van der Waals surface area contributed by atoms with Gasteiger partial charge in [0.2, 0.25) is 11.8 Å². The highest BCUT2D eigenvalue weighted by Crippen LogP contribution is 2.16. The summed E-state index contributed by atoms with van der Waals surface area (Å²) >= 11 is 0. The van der Waals surface area contributed by atoms with Gasteiger partial charge in [-0.25, -0.2) is 0 Å². The Labute approximate surface area is 156 Å². The molecule has 0 bridgehead atoms. The largest absolute Gasteiger partial charge is 0.360 e. The van der Waals surface area contributed by atoms with Crippen molar-refractivity contribution in [2.75, 3.05) is 24.5 Å². The first kappa shape index (κ1) is 18.4. The molecule has 2 amide bonds. The molecule has 0 aliphatic carbocycles. The normalized spacial score (nSPS) is 13.8. The van der Waals surface area contributed by atoms with Crippen molar-refractivity contribution < 1.29 is 14.5 Å². The molecule has 1 heterocycles. The van der Waals surface area contributed by atoms with Crippen LogP contribution in [-0.4, -0.2) is 36.4 Å². The lowest BCUT2D eigenvalue weighted by Crippen LogP contribution is -2.47. The summed E-state index contributed by atoms with van der Waals surface area (Å²) in [7, 11) is 0. The Kier molecular flexibility index (Phi) is 5.65. The minimum Gasteiger partial charge on any atom is -0.360 e. The number of nitrogens with one attached hydrogen (secondary N) is 2. The Hall–Kier alpha value is -3.42. The van der Waals surface area contributed by atoms with E-state index < -0.39 is 4.92 Å². The molecular weight excluding hydrogens is 348 g/mol. The molecule has 1 saturated heterocycles. The fraction of sp³-hybridized carbons (Fsp3) is 0.263. The second kappa shape index (κ2) is 8.31. The van der Waals surface area contributed by atoms with E-state index in [1.807, 2.05) is 29.2 Å². The summed E-state index contributed by atoms with van der Waals surface area (Å²) in [6.45, 7) is 2.16. The zero-order valence-electron chi connectivity index (χ0n) is 14.7. The van der Waals surface area contributed by atoms with Crippen molar-refractivity contribution >= 4 is 23.2 Å². The molecule has 140 valence electrons. The van der Waals surface area contributed by atoms with Gasteiger partial charge < -0.3 is 15.5 Å². The number of rotatable bonds is 6. The third-order valence-electron chi connectivity index (χ3n) is 4.34. The number of piperazine rings is 1. The fourth-order valence-corrected chi connectivity index (χ4v) is 2.87. The van der Waals surface area contributed by atoms with Crippen LogP contribution < -0.4 is 15.5 Å². The number of hydrogen-bond donors (Lipinski definition) is 2. The van der Waals surface area contributed by atoms with Crippen LogP contribution in [0.15, 0.2) is 48.5 Å². The van der Waals surface area contributed by atoms with E-state index in [-0.39, 0.29) is 23.9 Å². The minimum atomic E-state index is -0.468. The number of anilines is 1. The van der Waals surface area contributed by atoms with Gasteiger partial charge in [0.1, 0.15) is 0 Å². The minimum absolute atomic E-state index is 0.00503. The van der Waals surface area contributed by atoms with E-state index in [0.29, 0.717) is 19.6 Å². The molecule has 2 aromatic carbocycles. The first-order chi connectivity index (χ1) is 13.0. The van der Waals surface area contributed by atoms with Crippen LogP contribution >= 0.6 is 0 Å². The van der Waals surface area contributed by atoms with Crippen LogP contribution in [0.25, 0.3) is 0 Å². The number of non-ortho nitro benzene ring substituents is 1. The Balaban J connectivity index is 1.49. The van der Waals surface area contributed by atoms with Crippen molar-refractivity contribution in [3.63, 3.8) is 0 Å². The smallest absolute Gasteiger partial charge is 0.269 e. The Morgan fingerprint density at radius 1 is 1.11 bits per heavy atom. The van der Waals surface area contributed by atoms with Gasteiger partial charge in [0.05, 0.1) is 17.9 Å². The van der Waals surface area contributed by atoms with Gasteiger partial charge in [0.15, 0.2) is 0 Å². The van der Waals surface area contributed by atoms with Crippen molar-refractivity contribution in [1.29, 1.82) is 0 Å². The van der Waals surface area contributed by atoms with E-state index in [1.165, 1.54) is 12.1 Å². The number of carbonyl (C=O) groups is 2. The van der Waals surface area contributed by atoms with Crippen molar-refractivity contribution in [3.8, 4) is 0 Å². The van der Waals surface area contributed by atoms with Crippen LogP contribution in [0, 0.1) is 10.1 Å². The molecule has 3 rings (SSSR count). The number of carbonyl (C=O) groups excluding carboxylic acids is 2. The SMILES string of the molecule is O=C(Cc1ccc([N+](=O)[O-])cc1)NCc1ccc(N2CCNC(=O)C2)cc1. The highest BCUT2D eigenvalue weighted by Gasteiger charge is 2.16. The lowest BCUT2D eigenvalue weighted by molar-refractivity contribution is -0.384. The summed E-state index contributed by atoms with van der Waals surface area (Å²) in [4.78, 5) is 35.7. The lowest BCUT2D eigenvalue weighted by Gasteiger charge is -2.28. The summed E-state index contributed by atoms with van der Waals surface area (Å²) in [6.07, 6.45) is 0.166. The van der Waals surface area contributed by atoms with Crippen LogP contribution in [0.2, 0.25) is 0 Å². The summed E-state index contributed by atoms with van der Waals surface area (Å²) in [5.41, 5.74) is 2.66. The van der Waals surface area contributed by atoms with Crippen LogP contribution in [-0.2, 0) is 22.6 Å². The van der Waals surface area contributed by atoms with E-state index in [9.17, 15) is 19.7 Å². The molecule has 27 heavy (non-hydrogen) atoms. The first-order valence-electron chi connectivity index (χ1n) is 8.62. The van der Waals surface area contributed by atoms with Gasteiger partial charge in [-0.15, -0.1) is 0 Å². The monoisotopic (exact) mass is 368 g/mol. The molecular formula is C19H20N4O4. The predicted octanol–water partition coefficient (Wildman–Crippen LogP) is 1.39. The van der Waals surface area contributed by atoms with E-state index in [1.54, 1.807) is 12.1 Å². The number of nitrogens with zero attached hydrogens (tertiary/aromatic N) is 2. The van der Waals surface area contributed by atoms with Crippen molar-refractivity contribution in [2.24, 2.45) is 0 Å². The average molecular weight is 368 g/mol. The maximum Gasteiger partial charge on any atom is 0.269 e. The molecule has 2 aromatic rings. The molecule has 1 fully saturated rings. The molecule has 8 nitrogen and oxygen atoms in total. The molecule has 0 aromatic heterocycles. The van der Waals surface area contributed by atoms with Gasteiger partial charge in [-0.1, -0.05) is 24.3 Å². The maximum atomic E-state index is 12.1. The molecule has 8 heteroatoms. The Morgan fingerprint density at radius 3 is 2.41 bits per heavy atom. The molecule has 0 spiro atoms. The number of benzene rings is 2. The van der Waals surface area contributed by atoms with Gasteiger partial charge in [0.25, 0.3) is 5.69 Å². The summed E-state index contributed by atoms with van der Waals surface area (Å²) in [5.74, 6) is -0.135. The maximum absolute atomic E-state index is 12.1. The van der Waals surface area contributed by atoms with E-state index in [4.69, 9.17) is 0 Å². The molecule has 2 N–H and O–H groups in total. The fourth-order valence-electron chi connectivity index (χ4n) is 2.87. The highest BCUT2D eigenvalue weighted by atomic mass is 16.6. The number of hydrogen-bond acceptors (Lipinski definition) is 5. The summed E-state index contributed by atoms with van der Waals surface area (Å²) < 4.78 is 0. The molecule has 0 unspecified atom stereocenters. The third kappa shape index (κ3) is 5.04. The standard InChI is InChI=1S/C19H20N4O4/c24-18(11-14-1-7-17(8-2-14)23(26)27)21-12-15-3-5-16(6-4-15)22-10-9-20-19(25)13-22/h1-8H,9-13H2,(H,20,25)(H,21,24). The lowest BCUT2D eigenvalue weighted by atomic mass is 10.1. The number of nitro benzene ring substituents is 1. The van der Waals surface area contributed by atoms with Crippen molar-refractivity contribution in [2.45, 2.75) is 13.0 Å². The average Bonchev–Trinajstić information content (AvgIpc) is 2.67. The highest BCUT2D eigenvalue weighted by molar-refractivity contribution is 5.82. The van der Waals surface area contributed by atoms with Crippen LogP contribution in [0.1, 0.15) is 11.1 Å². The van der Waals surface area contributed by atoms with Gasteiger partial charge in [0, 0.05) is 37.5 Å². The summed E-state index contributed by atoms with van der Waals surface area (Å²) in [5, 5.41) is 16.3. The zero-order chi connectivity index (χ0) is 19.2. The van der Waals surface area contributed by atoms with Crippen molar-refractivity contribution in [3.05, 3.63) is 69.8 Å². The molecule has 1 aliphatic heterocycles. The second-order valence-corrected chi connectivity index (χ2v) is 6.32. The third-order valence-corrected chi connectivity index (χ3v) is 4.34. The van der Waals surface area contributed by atoms with E-state index in [2.05, 4.69) is 10.6 Å². The van der Waals surface area contributed by atoms with E-state index >= 15 is 0 Å².